The average Bonchev–Trinajstić information content (AvgIpc) is 2.18. The lowest BCUT2D eigenvalue weighted by Crippen LogP contribution is -1.98. The predicted octanol–water partition coefficient (Wildman–Crippen LogP) is 1.80. The summed E-state index contributed by atoms with van der Waals surface area (Å²) in [5.41, 5.74) is -0.463. The third-order valence-electron chi connectivity index (χ3n) is 1.79. The number of nitrogens with zero attached hydrogens (tertiary/aromatic N) is 2. The fourth-order valence-electron chi connectivity index (χ4n) is 1.13. The first kappa shape index (κ1) is 11.2. The van der Waals surface area contributed by atoms with Crippen LogP contribution in [0.15, 0.2) is 6.20 Å². The molecule has 0 saturated carbocycles. The van der Waals surface area contributed by atoms with Crippen molar-refractivity contribution in [3.8, 4) is 17.6 Å². The number of hydrogen-bond donors (Lipinski definition) is 1. The second-order valence-electron chi connectivity index (χ2n) is 2.69. The molecule has 0 aromatic carbocycles. The van der Waals surface area contributed by atoms with Gasteiger partial charge >= 0.3 is 0 Å². The number of ether oxygens (including phenoxy) is 1. The van der Waals surface area contributed by atoms with E-state index in [4.69, 9.17) is 10.00 Å². The van der Waals surface area contributed by atoms with Crippen molar-refractivity contribution in [3.63, 3.8) is 0 Å². The molecule has 0 spiro atoms. The van der Waals surface area contributed by atoms with Gasteiger partial charge in [-0.05, 0) is 0 Å². The SMILES string of the molecule is COc1c(CC#N)cnc(C(F)F)c1O. The molecule has 1 aromatic rings. The van der Waals surface area contributed by atoms with Crippen LogP contribution in [-0.4, -0.2) is 17.2 Å². The van der Waals surface area contributed by atoms with Gasteiger partial charge in [0.15, 0.2) is 17.2 Å². The van der Waals surface area contributed by atoms with Crippen LogP contribution in [0, 0.1) is 11.3 Å². The number of alkyl halides is 2. The molecule has 0 bridgehead atoms. The Hall–Kier alpha value is -1.90. The second kappa shape index (κ2) is 4.55. The number of aromatic nitrogens is 1. The molecule has 15 heavy (non-hydrogen) atoms. The molecular formula is C9H8F2N2O2. The van der Waals surface area contributed by atoms with Gasteiger partial charge in [-0.25, -0.2) is 8.78 Å². The number of hydrogen-bond acceptors (Lipinski definition) is 4. The van der Waals surface area contributed by atoms with Gasteiger partial charge in [-0.3, -0.25) is 4.98 Å². The van der Waals surface area contributed by atoms with E-state index in [0.717, 1.165) is 6.20 Å². The van der Waals surface area contributed by atoms with Gasteiger partial charge in [0, 0.05) is 11.8 Å². The zero-order valence-corrected chi connectivity index (χ0v) is 7.87. The van der Waals surface area contributed by atoms with Crippen molar-refractivity contribution < 1.29 is 18.6 Å². The van der Waals surface area contributed by atoms with Crippen molar-refractivity contribution in [2.24, 2.45) is 0 Å². The van der Waals surface area contributed by atoms with E-state index < -0.39 is 17.9 Å². The molecule has 1 rings (SSSR count). The first-order chi connectivity index (χ1) is 7.11. The molecule has 0 amide bonds. The van der Waals surface area contributed by atoms with Crippen LogP contribution in [-0.2, 0) is 6.42 Å². The fourth-order valence-corrected chi connectivity index (χ4v) is 1.13. The van der Waals surface area contributed by atoms with Crippen molar-refractivity contribution in [3.05, 3.63) is 17.5 Å². The summed E-state index contributed by atoms with van der Waals surface area (Å²) in [5.74, 6) is -0.831. The van der Waals surface area contributed by atoms with E-state index >= 15 is 0 Å². The summed E-state index contributed by atoms with van der Waals surface area (Å²) in [6.45, 7) is 0. The van der Waals surface area contributed by atoms with Gasteiger partial charge in [0.05, 0.1) is 19.6 Å². The first-order valence-electron chi connectivity index (χ1n) is 4.01. The number of aromatic hydroxyl groups is 1. The van der Waals surface area contributed by atoms with Crippen molar-refractivity contribution >= 4 is 0 Å². The van der Waals surface area contributed by atoms with E-state index in [1.54, 1.807) is 0 Å². The predicted molar refractivity (Wildman–Crippen MR) is 46.7 cm³/mol. The Balaban J connectivity index is 3.27. The minimum absolute atomic E-state index is 0.0623. The molecule has 1 heterocycles. The van der Waals surface area contributed by atoms with Crippen LogP contribution in [0.25, 0.3) is 0 Å². The van der Waals surface area contributed by atoms with Crippen LogP contribution in [0.2, 0.25) is 0 Å². The standard InChI is InChI=1S/C9H8F2N2O2/c1-15-8-5(2-3-12)4-13-6(7(8)14)9(10)11/h4,9,14H,2H2,1H3. The smallest absolute Gasteiger partial charge is 0.284 e. The van der Waals surface area contributed by atoms with Gasteiger partial charge in [0.1, 0.15) is 0 Å². The van der Waals surface area contributed by atoms with Crippen LogP contribution in [0.4, 0.5) is 8.78 Å². The number of halogens is 2. The van der Waals surface area contributed by atoms with Crippen molar-refractivity contribution in [2.75, 3.05) is 7.11 Å². The fraction of sp³-hybridized carbons (Fsp3) is 0.333. The van der Waals surface area contributed by atoms with Gasteiger partial charge in [0.2, 0.25) is 0 Å². The van der Waals surface area contributed by atoms with Crippen LogP contribution < -0.4 is 4.74 Å². The Morgan fingerprint density at radius 2 is 2.33 bits per heavy atom. The van der Waals surface area contributed by atoms with Crippen molar-refractivity contribution in [1.29, 1.82) is 5.26 Å². The molecule has 0 saturated heterocycles. The van der Waals surface area contributed by atoms with E-state index in [1.165, 1.54) is 7.11 Å². The first-order valence-corrected chi connectivity index (χ1v) is 4.01. The summed E-state index contributed by atoms with van der Waals surface area (Å²) < 4.78 is 29.4. The summed E-state index contributed by atoms with van der Waals surface area (Å²) in [6, 6.07) is 1.82. The molecule has 0 radical (unpaired) electrons. The maximum Gasteiger partial charge on any atom is 0.284 e. The highest BCUT2D eigenvalue weighted by molar-refractivity contribution is 5.48. The van der Waals surface area contributed by atoms with Gasteiger partial charge in [-0.1, -0.05) is 0 Å². The van der Waals surface area contributed by atoms with Gasteiger partial charge < -0.3 is 9.84 Å². The molecule has 0 fully saturated rings. The van der Waals surface area contributed by atoms with Gasteiger partial charge in [-0.15, -0.1) is 0 Å². The molecule has 1 N–H and O–H groups in total. The largest absolute Gasteiger partial charge is 0.503 e. The maximum absolute atomic E-state index is 12.3. The Morgan fingerprint density at radius 1 is 1.67 bits per heavy atom. The van der Waals surface area contributed by atoms with Crippen LogP contribution in [0.5, 0.6) is 11.5 Å². The molecular weight excluding hydrogens is 206 g/mol. The second-order valence-corrected chi connectivity index (χ2v) is 2.69. The number of pyridine rings is 1. The van der Waals surface area contributed by atoms with Gasteiger partial charge in [0.25, 0.3) is 6.43 Å². The van der Waals surface area contributed by atoms with Crippen LogP contribution in [0.3, 0.4) is 0 Å². The normalized spacial score (nSPS) is 10.1. The van der Waals surface area contributed by atoms with Crippen LogP contribution in [0.1, 0.15) is 17.7 Å². The molecule has 1 aromatic heterocycles. The lowest BCUT2D eigenvalue weighted by atomic mass is 10.1. The zero-order valence-electron chi connectivity index (χ0n) is 7.87. The monoisotopic (exact) mass is 214 g/mol. The Labute approximate surface area is 84.7 Å². The average molecular weight is 214 g/mol. The molecule has 0 aliphatic carbocycles. The molecule has 0 aliphatic heterocycles. The molecule has 0 unspecified atom stereocenters. The minimum atomic E-state index is -2.88. The lowest BCUT2D eigenvalue weighted by Gasteiger charge is -2.10. The third-order valence-corrected chi connectivity index (χ3v) is 1.79. The summed E-state index contributed by atoms with van der Waals surface area (Å²) >= 11 is 0. The highest BCUT2D eigenvalue weighted by atomic mass is 19.3. The molecule has 0 aliphatic rings. The number of methoxy groups -OCH3 is 1. The van der Waals surface area contributed by atoms with E-state index in [1.807, 2.05) is 6.07 Å². The zero-order chi connectivity index (χ0) is 11.4. The van der Waals surface area contributed by atoms with Crippen molar-refractivity contribution in [2.45, 2.75) is 12.8 Å². The van der Waals surface area contributed by atoms with Gasteiger partial charge in [-0.2, -0.15) is 5.26 Å². The summed E-state index contributed by atoms with van der Waals surface area (Å²) in [6.07, 6.45) is -1.84. The molecule has 0 atom stereocenters. The summed E-state index contributed by atoms with van der Waals surface area (Å²) in [7, 11) is 1.23. The summed E-state index contributed by atoms with van der Waals surface area (Å²) in [4.78, 5) is 3.37. The summed E-state index contributed by atoms with van der Waals surface area (Å²) in [5, 5.41) is 17.8. The third kappa shape index (κ3) is 2.13. The number of nitriles is 1. The lowest BCUT2D eigenvalue weighted by molar-refractivity contribution is 0.141. The van der Waals surface area contributed by atoms with E-state index in [2.05, 4.69) is 4.98 Å². The van der Waals surface area contributed by atoms with Crippen LogP contribution >= 0.6 is 0 Å². The van der Waals surface area contributed by atoms with E-state index in [-0.39, 0.29) is 17.7 Å². The van der Waals surface area contributed by atoms with E-state index in [0.29, 0.717) is 0 Å². The highest BCUT2D eigenvalue weighted by Crippen LogP contribution is 2.36. The Morgan fingerprint density at radius 3 is 2.80 bits per heavy atom. The molecule has 6 heteroatoms. The Kier molecular flexibility index (Phi) is 3.39. The molecule has 80 valence electrons. The van der Waals surface area contributed by atoms with E-state index in [9.17, 15) is 13.9 Å². The quantitative estimate of drug-likeness (QED) is 0.833. The minimum Gasteiger partial charge on any atom is -0.503 e. The number of rotatable bonds is 3. The van der Waals surface area contributed by atoms with Crippen molar-refractivity contribution in [1.82, 2.24) is 4.98 Å². The Bertz CT molecular complexity index is 402. The molecule has 4 nitrogen and oxygen atoms in total. The maximum atomic E-state index is 12.3. The topological polar surface area (TPSA) is 66.1 Å². The highest BCUT2D eigenvalue weighted by Gasteiger charge is 2.20.